The van der Waals surface area contributed by atoms with E-state index in [9.17, 15) is 0 Å². The van der Waals surface area contributed by atoms with Crippen LogP contribution in [0.25, 0.3) is 22.6 Å². The molecule has 1 N–H and O–H groups in total. The van der Waals surface area contributed by atoms with Gasteiger partial charge >= 0.3 is 0 Å². The van der Waals surface area contributed by atoms with Crippen molar-refractivity contribution in [2.45, 2.75) is 13.5 Å². The smallest absolute Gasteiger partial charge is 0.227 e. The number of hydrogen-bond donors (Lipinski definition) is 1. The number of fused-ring (bicyclic) bond motifs is 1. The molecule has 4 nitrogen and oxygen atoms in total. The van der Waals surface area contributed by atoms with Crippen LogP contribution in [0.15, 0.2) is 53.1 Å². The highest BCUT2D eigenvalue weighted by molar-refractivity contribution is 7.15. The minimum atomic E-state index is 0.556. The van der Waals surface area contributed by atoms with E-state index in [0.717, 1.165) is 27.2 Å². The number of aryl methyl sites for hydroxylation is 1. The van der Waals surface area contributed by atoms with E-state index in [4.69, 9.17) is 16.0 Å². The number of hydrogen-bond acceptors (Lipinski definition) is 5. The Hall–Kier alpha value is -2.37. The summed E-state index contributed by atoms with van der Waals surface area (Å²) in [6.45, 7) is 2.73. The second-order valence-corrected chi connectivity index (χ2v) is 7.20. The number of oxazole rings is 1. The molecule has 2 aromatic heterocycles. The topological polar surface area (TPSA) is 51.0 Å². The number of benzene rings is 2. The molecule has 6 heteroatoms. The molecule has 0 amide bonds. The number of aromatic nitrogens is 2. The van der Waals surface area contributed by atoms with Gasteiger partial charge in [-0.2, -0.15) is 0 Å². The summed E-state index contributed by atoms with van der Waals surface area (Å²) in [6.07, 6.45) is 1.78. The Morgan fingerprint density at radius 3 is 2.92 bits per heavy atom. The summed E-state index contributed by atoms with van der Waals surface area (Å²) >= 11 is 7.32. The molecular weight excluding hydrogens is 342 g/mol. The second kappa shape index (κ2) is 6.26. The number of halogens is 1. The van der Waals surface area contributed by atoms with Crippen molar-refractivity contribution >= 4 is 39.7 Å². The third-order valence-corrected chi connectivity index (χ3v) is 4.76. The Kier molecular flexibility index (Phi) is 3.96. The van der Waals surface area contributed by atoms with E-state index in [1.807, 2.05) is 30.3 Å². The van der Waals surface area contributed by atoms with Gasteiger partial charge in [-0.25, -0.2) is 9.97 Å². The molecule has 0 aliphatic rings. The van der Waals surface area contributed by atoms with Gasteiger partial charge in [-0.3, -0.25) is 0 Å². The summed E-state index contributed by atoms with van der Waals surface area (Å²) in [5.74, 6) is 0.639. The number of anilines is 1. The summed E-state index contributed by atoms with van der Waals surface area (Å²) in [4.78, 5) is 9.69. The maximum Gasteiger partial charge on any atom is 0.227 e. The first kappa shape index (κ1) is 15.2. The van der Waals surface area contributed by atoms with E-state index in [0.29, 0.717) is 16.9 Å². The number of nitrogens with one attached hydrogen (secondary N) is 1. The van der Waals surface area contributed by atoms with Crippen molar-refractivity contribution < 1.29 is 4.42 Å². The lowest BCUT2D eigenvalue weighted by Gasteiger charge is -2.03. The maximum absolute atomic E-state index is 5.92. The van der Waals surface area contributed by atoms with Crippen molar-refractivity contribution in [2.75, 3.05) is 5.32 Å². The molecule has 0 aliphatic carbocycles. The highest BCUT2D eigenvalue weighted by Crippen LogP contribution is 2.27. The second-order valence-electron chi connectivity index (χ2n) is 5.50. The van der Waals surface area contributed by atoms with Gasteiger partial charge in [0, 0.05) is 28.4 Å². The first-order valence-electron chi connectivity index (χ1n) is 7.49. The zero-order chi connectivity index (χ0) is 16.5. The predicted molar refractivity (Wildman–Crippen MR) is 98.6 cm³/mol. The van der Waals surface area contributed by atoms with E-state index < -0.39 is 0 Å². The van der Waals surface area contributed by atoms with Crippen LogP contribution in [0.5, 0.6) is 0 Å². The van der Waals surface area contributed by atoms with Crippen LogP contribution in [-0.4, -0.2) is 9.97 Å². The molecule has 0 bridgehead atoms. The molecule has 0 spiro atoms. The Morgan fingerprint density at radius 1 is 1.21 bits per heavy atom. The van der Waals surface area contributed by atoms with E-state index in [1.54, 1.807) is 6.20 Å². The minimum absolute atomic E-state index is 0.556. The fourth-order valence-electron chi connectivity index (χ4n) is 2.49. The molecule has 4 aromatic rings. The zero-order valence-electron chi connectivity index (χ0n) is 12.9. The Labute approximate surface area is 148 Å². The molecule has 0 atom stereocenters. The van der Waals surface area contributed by atoms with Gasteiger partial charge in [0.2, 0.25) is 5.89 Å². The molecule has 2 heterocycles. The molecule has 24 heavy (non-hydrogen) atoms. The van der Waals surface area contributed by atoms with Crippen molar-refractivity contribution in [3.63, 3.8) is 0 Å². The van der Waals surface area contributed by atoms with Crippen LogP contribution in [0, 0.1) is 6.92 Å². The SMILES string of the molecule is Cc1cccc(-c2nc3ccc(NCc4cnc(Cl)s4)cc3o2)c1. The first-order valence-corrected chi connectivity index (χ1v) is 8.68. The van der Waals surface area contributed by atoms with Crippen LogP contribution in [0.4, 0.5) is 5.69 Å². The van der Waals surface area contributed by atoms with Crippen molar-refractivity contribution in [1.29, 1.82) is 0 Å². The summed E-state index contributed by atoms with van der Waals surface area (Å²) < 4.78 is 6.48. The number of nitrogens with zero attached hydrogens (tertiary/aromatic N) is 2. The molecule has 120 valence electrons. The van der Waals surface area contributed by atoms with Crippen LogP contribution in [0.1, 0.15) is 10.4 Å². The zero-order valence-corrected chi connectivity index (χ0v) is 14.5. The molecule has 0 saturated carbocycles. The first-order chi connectivity index (χ1) is 11.7. The molecule has 0 unspecified atom stereocenters. The monoisotopic (exact) mass is 355 g/mol. The van der Waals surface area contributed by atoms with Gasteiger partial charge in [-0.1, -0.05) is 29.3 Å². The van der Waals surface area contributed by atoms with E-state index in [2.05, 4.69) is 34.3 Å². The molecule has 0 saturated heterocycles. The molecule has 0 radical (unpaired) electrons. The normalized spacial score (nSPS) is 11.1. The fourth-order valence-corrected chi connectivity index (χ4v) is 3.41. The molecule has 0 fully saturated rings. The Bertz CT molecular complexity index is 1010. The lowest BCUT2D eigenvalue weighted by molar-refractivity contribution is 0.620. The summed E-state index contributed by atoms with van der Waals surface area (Å²) in [7, 11) is 0. The summed E-state index contributed by atoms with van der Waals surface area (Å²) in [5, 5.41) is 3.35. The Morgan fingerprint density at radius 2 is 2.12 bits per heavy atom. The van der Waals surface area contributed by atoms with Crippen molar-refractivity contribution in [1.82, 2.24) is 9.97 Å². The van der Waals surface area contributed by atoms with Crippen LogP contribution in [0.2, 0.25) is 4.47 Å². The van der Waals surface area contributed by atoms with Crippen molar-refractivity contribution in [3.05, 3.63) is 63.6 Å². The molecular formula is C18H14ClN3OS. The summed E-state index contributed by atoms with van der Waals surface area (Å²) in [6, 6.07) is 14.0. The highest BCUT2D eigenvalue weighted by atomic mass is 35.5. The minimum Gasteiger partial charge on any atom is -0.436 e. The highest BCUT2D eigenvalue weighted by Gasteiger charge is 2.09. The van der Waals surface area contributed by atoms with Crippen LogP contribution < -0.4 is 5.32 Å². The average molecular weight is 356 g/mol. The van der Waals surface area contributed by atoms with Crippen molar-refractivity contribution in [2.24, 2.45) is 0 Å². The van der Waals surface area contributed by atoms with Crippen molar-refractivity contribution in [3.8, 4) is 11.5 Å². The standard InChI is InChI=1S/C18H14ClN3OS/c1-11-3-2-4-12(7-11)17-22-15-6-5-13(8-16(15)23-17)20-9-14-10-21-18(19)24-14/h2-8,10,20H,9H2,1H3. The van der Waals surface area contributed by atoms with Gasteiger partial charge in [-0.05, 0) is 31.2 Å². The van der Waals surface area contributed by atoms with Crippen LogP contribution in [-0.2, 0) is 6.54 Å². The molecule has 2 aromatic carbocycles. The van der Waals surface area contributed by atoms with Gasteiger partial charge in [0.15, 0.2) is 10.0 Å². The van der Waals surface area contributed by atoms with Gasteiger partial charge in [0.1, 0.15) is 5.52 Å². The fraction of sp³-hybridized carbons (Fsp3) is 0.111. The van der Waals surface area contributed by atoms with E-state index in [-0.39, 0.29) is 0 Å². The average Bonchev–Trinajstić information content (AvgIpc) is 3.18. The molecule has 0 aliphatic heterocycles. The maximum atomic E-state index is 5.92. The third-order valence-electron chi connectivity index (χ3n) is 3.65. The third kappa shape index (κ3) is 3.13. The predicted octanol–water partition coefficient (Wildman–Crippen LogP) is 5.53. The van der Waals surface area contributed by atoms with Gasteiger partial charge in [-0.15, -0.1) is 11.3 Å². The van der Waals surface area contributed by atoms with Crippen LogP contribution >= 0.6 is 22.9 Å². The van der Waals surface area contributed by atoms with Crippen LogP contribution in [0.3, 0.4) is 0 Å². The van der Waals surface area contributed by atoms with E-state index in [1.165, 1.54) is 16.9 Å². The lowest BCUT2D eigenvalue weighted by Crippen LogP contribution is -1.96. The van der Waals surface area contributed by atoms with Gasteiger partial charge in [0.05, 0.1) is 6.54 Å². The Balaban J connectivity index is 1.59. The summed E-state index contributed by atoms with van der Waals surface area (Å²) in [5.41, 5.74) is 4.75. The lowest BCUT2D eigenvalue weighted by atomic mass is 10.1. The van der Waals surface area contributed by atoms with Gasteiger partial charge < -0.3 is 9.73 Å². The van der Waals surface area contributed by atoms with E-state index >= 15 is 0 Å². The quantitative estimate of drug-likeness (QED) is 0.523. The number of rotatable bonds is 4. The molecule has 4 rings (SSSR count). The van der Waals surface area contributed by atoms with Gasteiger partial charge in [0.25, 0.3) is 0 Å². The largest absolute Gasteiger partial charge is 0.436 e. The number of thiazole rings is 1.